The van der Waals surface area contributed by atoms with Gasteiger partial charge in [-0.05, 0) is 55.0 Å². The van der Waals surface area contributed by atoms with Gasteiger partial charge in [0.05, 0.1) is 19.1 Å². The zero-order valence-electron chi connectivity index (χ0n) is 22.4. The Morgan fingerprint density at radius 1 is 1.03 bits per heavy atom. The summed E-state index contributed by atoms with van der Waals surface area (Å²) in [6, 6.07) is 12.0. The van der Waals surface area contributed by atoms with Crippen LogP contribution >= 0.6 is 0 Å². The molecule has 9 heteroatoms. The van der Waals surface area contributed by atoms with Crippen molar-refractivity contribution < 1.29 is 22.7 Å². The number of hydrogen-bond donors (Lipinski definition) is 1. The summed E-state index contributed by atoms with van der Waals surface area (Å²) in [4.78, 5) is 28.4. The highest BCUT2D eigenvalue weighted by Crippen LogP contribution is 2.27. The van der Waals surface area contributed by atoms with Gasteiger partial charge in [0.2, 0.25) is 21.8 Å². The summed E-state index contributed by atoms with van der Waals surface area (Å²) in [5.41, 5.74) is 2.78. The molecule has 0 aliphatic rings. The number of sulfonamides is 1. The molecule has 0 saturated carbocycles. The standard InChI is InChI=1S/C27H39N3O5S/c1-8-24(27(32)28-16-19(2)3)29(17-22-12-14-23(35-6)15-13-22)25(31)18-30(36(7,33)34)26-20(4)10-9-11-21(26)5/h9-15,19,24H,8,16-18H2,1-7H3,(H,28,32)/t24-/m0/s1. The van der Waals surface area contributed by atoms with E-state index in [1.807, 2.05) is 65.0 Å². The zero-order chi connectivity index (χ0) is 27.0. The van der Waals surface area contributed by atoms with Gasteiger partial charge in [-0.15, -0.1) is 0 Å². The fraction of sp³-hybridized carbons (Fsp3) is 0.481. The molecule has 36 heavy (non-hydrogen) atoms. The molecule has 0 aliphatic carbocycles. The number of amides is 2. The predicted octanol–water partition coefficient (Wildman–Crippen LogP) is 3.66. The van der Waals surface area contributed by atoms with Crippen molar-refractivity contribution in [3.05, 3.63) is 59.2 Å². The summed E-state index contributed by atoms with van der Waals surface area (Å²) in [5.74, 6) is 0.218. The van der Waals surface area contributed by atoms with Crippen LogP contribution in [0.4, 0.5) is 5.69 Å². The Bertz CT molecular complexity index is 1130. The molecule has 0 heterocycles. The van der Waals surface area contributed by atoms with E-state index in [0.717, 1.165) is 27.3 Å². The van der Waals surface area contributed by atoms with Gasteiger partial charge in [0, 0.05) is 13.1 Å². The van der Waals surface area contributed by atoms with Gasteiger partial charge in [-0.3, -0.25) is 13.9 Å². The van der Waals surface area contributed by atoms with E-state index in [4.69, 9.17) is 4.74 Å². The van der Waals surface area contributed by atoms with E-state index >= 15 is 0 Å². The van der Waals surface area contributed by atoms with Crippen LogP contribution in [-0.4, -0.2) is 57.6 Å². The van der Waals surface area contributed by atoms with Crippen molar-refractivity contribution in [1.82, 2.24) is 10.2 Å². The number of nitrogens with one attached hydrogen (secondary N) is 1. The number of ether oxygens (including phenoxy) is 1. The lowest BCUT2D eigenvalue weighted by molar-refractivity contribution is -0.140. The van der Waals surface area contributed by atoms with Crippen LogP contribution in [0.5, 0.6) is 5.75 Å². The third-order valence-corrected chi connectivity index (χ3v) is 7.06. The zero-order valence-corrected chi connectivity index (χ0v) is 23.2. The average Bonchev–Trinajstić information content (AvgIpc) is 2.81. The van der Waals surface area contributed by atoms with E-state index in [2.05, 4.69) is 5.32 Å². The van der Waals surface area contributed by atoms with Crippen LogP contribution in [0, 0.1) is 19.8 Å². The number of carbonyl (C=O) groups is 2. The minimum Gasteiger partial charge on any atom is -0.497 e. The lowest BCUT2D eigenvalue weighted by Gasteiger charge is -2.33. The predicted molar refractivity (Wildman–Crippen MR) is 144 cm³/mol. The van der Waals surface area contributed by atoms with Gasteiger partial charge in [-0.25, -0.2) is 8.42 Å². The summed E-state index contributed by atoms with van der Waals surface area (Å²) < 4.78 is 32.0. The third kappa shape index (κ3) is 7.71. The molecule has 0 saturated heterocycles. The molecule has 0 bridgehead atoms. The van der Waals surface area contributed by atoms with E-state index in [0.29, 0.717) is 24.4 Å². The van der Waals surface area contributed by atoms with Gasteiger partial charge in [0.25, 0.3) is 0 Å². The van der Waals surface area contributed by atoms with Crippen molar-refractivity contribution in [2.24, 2.45) is 5.92 Å². The highest BCUT2D eigenvalue weighted by Gasteiger charge is 2.32. The molecule has 2 aromatic carbocycles. The number of anilines is 1. The van der Waals surface area contributed by atoms with Crippen molar-refractivity contribution >= 4 is 27.5 Å². The van der Waals surface area contributed by atoms with Crippen molar-refractivity contribution in [3.8, 4) is 5.75 Å². The SMILES string of the molecule is CC[C@@H](C(=O)NCC(C)C)N(Cc1ccc(OC)cc1)C(=O)CN(c1c(C)cccc1C)S(C)(=O)=O. The number of para-hydroxylation sites is 1. The van der Waals surface area contributed by atoms with Gasteiger partial charge >= 0.3 is 0 Å². The highest BCUT2D eigenvalue weighted by molar-refractivity contribution is 7.92. The van der Waals surface area contributed by atoms with Crippen LogP contribution in [0.2, 0.25) is 0 Å². The van der Waals surface area contributed by atoms with E-state index in [1.54, 1.807) is 19.2 Å². The van der Waals surface area contributed by atoms with Crippen molar-refractivity contribution in [2.45, 2.75) is 53.6 Å². The number of rotatable bonds is 12. The molecule has 0 radical (unpaired) electrons. The smallest absolute Gasteiger partial charge is 0.244 e. The van der Waals surface area contributed by atoms with Gasteiger partial charge in [-0.1, -0.05) is 51.1 Å². The molecule has 8 nitrogen and oxygen atoms in total. The first-order valence-electron chi connectivity index (χ1n) is 12.1. The highest BCUT2D eigenvalue weighted by atomic mass is 32.2. The van der Waals surface area contributed by atoms with Gasteiger partial charge in [0.1, 0.15) is 18.3 Å². The molecule has 0 unspecified atom stereocenters. The van der Waals surface area contributed by atoms with Crippen molar-refractivity contribution in [3.63, 3.8) is 0 Å². The van der Waals surface area contributed by atoms with Crippen molar-refractivity contribution in [2.75, 3.05) is 30.8 Å². The topological polar surface area (TPSA) is 96.0 Å². The Morgan fingerprint density at radius 3 is 2.08 bits per heavy atom. The summed E-state index contributed by atoms with van der Waals surface area (Å²) in [5, 5.41) is 2.92. The number of hydrogen-bond acceptors (Lipinski definition) is 5. The Balaban J connectivity index is 2.47. The Kier molecular flexibility index (Phi) is 10.3. The molecule has 0 spiro atoms. The second-order valence-corrected chi connectivity index (χ2v) is 11.3. The molecule has 0 fully saturated rings. The summed E-state index contributed by atoms with van der Waals surface area (Å²) in [6.07, 6.45) is 1.47. The molecule has 2 rings (SSSR count). The number of carbonyl (C=O) groups excluding carboxylic acids is 2. The van der Waals surface area contributed by atoms with E-state index < -0.39 is 28.5 Å². The van der Waals surface area contributed by atoms with Crippen LogP contribution < -0.4 is 14.4 Å². The monoisotopic (exact) mass is 517 g/mol. The third-order valence-electron chi connectivity index (χ3n) is 5.95. The minimum atomic E-state index is -3.78. The van der Waals surface area contributed by atoms with Crippen LogP contribution in [0.3, 0.4) is 0 Å². The quantitative estimate of drug-likeness (QED) is 0.464. The first-order chi connectivity index (χ1) is 16.9. The minimum absolute atomic E-state index is 0.154. The number of methoxy groups -OCH3 is 1. The largest absolute Gasteiger partial charge is 0.497 e. The van der Waals surface area contributed by atoms with Crippen LogP contribution in [0.25, 0.3) is 0 Å². The molecule has 2 aromatic rings. The van der Waals surface area contributed by atoms with Crippen LogP contribution in [-0.2, 0) is 26.2 Å². The van der Waals surface area contributed by atoms with Crippen LogP contribution in [0.1, 0.15) is 43.9 Å². The van der Waals surface area contributed by atoms with E-state index in [1.165, 1.54) is 4.90 Å². The number of nitrogens with zero attached hydrogens (tertiary/aromatic N) is 2. The first-order valence-corrected chi connectivity index (χ1v) is 14.0. The molecule has 2 amide bonds. The molecule has 1 N–H and O–H groups in total. The maximum atomic E-state index is 13.8. The number of aryl methyl sites for hydroxylation is 2. The maximum absolute atomic E-state index is 13.8. The van der Waals surface area contributed by atoms with Gasteiger partial charge in [-0.2, -0.15) is 0 Å². The van der Waals surface area contributed by atoms with E-state index in [9.17, 15) is 18.0 Å². The maximum Gasteiger partial charge on any atom is 0.244 e. The summed E-state index contributed by atoms with van der Waals surface area (Å²) in [7, 11) is -2.21. The Hall–Kier alpha value is -3.07. The normalized spacial score (nSPS) is 12.2. The van der Waals surface area contributed by atoms with Crippen molar-refractivity contribution in [1.29, 1.82) is 0 Å². The number of benzene rings is 2. The summed E-state index contributed by atoms with van der Waals surface area (Å²) >= 11 is 0. The fourth-order valence-corrected chi connectivity index (χ4v) is 5.01. The first kappa shape index (κ1) is 29.2. The molecule has 198 valence electrons. The van der Waals surface area contributed by atoms with E-state index in [-0.39, 0.29) is 18.4 Å². The lowest BCUT2D eigenvalue weighted by atomic mass is 10.1. The fourth-order valence-electron chi connectivity index (χ4n) is 4.04. The Labute approximate surface area is 215 Å². The Morgan fingerprint density at radius 2 is 1.61 bits per heavy atom. The molecular formula is C27H39N3O5S. The molecular weight excluding hydrogens is 478 g/mol. The molecule has 0 aliphatic heterocycles. The summed E-state index contributed by atoms with van der Waals surface area (Å²) in [6.45, 7) is 9.69. The second-order valence-electron chi connectivity index (χ2n) is 9.44. The second kappa shape index (κ2) is 12.8. The van der Waals surface area contributed by atoms with Gasteiger partial charge in [0.15, 0.2) is 0 Å². The molecule has 0 aromatic heterocycles. The molecule has 1 atom stereocenters. The lowest BCUT2D eigenvalue weighted by Crippen LogP contribution is -2.52. The average molecular weight is 518 g/mol. The van der Waals surface area contributed by atoms with Gasteiger partial charge < -0.3 is 15.0 Å². The van der Waals surface area contributed by atoms with Crippen LogP contribution in [0.15, 0.2) is 42.5 Å².